The van der Waals surface area contributed by atoms with E-state index >= 15 is 0 Å². The summed E-state index contributed by atoms with van der Waals surface area (Å²) >= 11 is 1.71. The largest absolute Gasteiger partial charge is 0.334 e. The summed E-state index contributed by atoms with van der Waals surface area (Å²) in [6.45, 7) is 3.15. The van der Waals surface area contributed by atoms with Crippen LogP contribution in [0.3, 0.4) is 0 Å². The number of nitrogens with zero attached hydrogens (tertiary/aromatic N) is 2. The summed E-state index contributed by atoms with van der Waals surface area (Å²) in [5.41, 5.74) is 7.48. The first-order valence-electron chi connectivity index (χ1n) is 5.59. The van der Waals surface area contributed by atoms with Crippen molar-refractivity contribution in [3.8, 4) is 0 Å². The zero-order valence-electron chi connectivity index (χ0n) is 9.47. The molecule has 0 aromatic carbocycles. The number of nitrogens with two attached hydrogens (primary N) is 1. The molecule has 1 atom stereocenters. The molecule has 1 unspecified atom stereocenters. The van der Waals surface area contributed by atoms with E-state index in [9.17, 15) is 0 Å². The van der Waals surface area contributed by atoms with Crippen molar-refractivity contribution < 1.29 is 0 Å². The van der Waals surface area contributed by atoms with Gasteiger partial charge in [0.05, 0.1) is 6.04 Å². The summed E-state index contributed by atoms with van der Waals surface area (Å²) in [5.74, 6) is 0.994. The summed E-state index contributed by atoms with van der Waals surface area (Å²) < 4.78 is 2.15. The summed E-state index contributed by atoms with van der Waals surface area (Å²) in [4.78, 5) is 4.36. The Morgan fingerprint density at radius 2 is 2.44 bits per heavy atom. The first-order chi connectivity index (χ1) is 7.81. The van der Waals surface area contributed by atoms with E-state index in [1.54, 1.807) is 11.3 Å². The van der Waals surface area contributed by atoms with Crippen molar-refractivity contribution in [2.75, 3.05) is 0 Å². The van der Waals surface area contributed by atoms with Crippen molar-refractivity contribution in [3.63, 3.8) is 0 Å². The summed E-state index contributed by atoms with van der Waals surface area (Å²) in [6.07, 6.45) is 5.81. The number of aromatic nitrogens is 2. The first-order valence-corrected chi connectivity index (χ1v) is 6.53. The molecular formula is C12H17N3S. The smallest absolute Gasteiger partial charge is 0.125 e. The molecule has 0 spiro atoms. The van der Waals surface area contributed by atoms with Crippen molar-refractivity contribution in [3.05, 3.63) is 40.6 Å². The van der Waals surface area contributed by atoms with Gasteiger partial charge in [0.1, 0.15) is 5.82 Å². The van der Waals surface area contributed by atoms with Crippen LogP contribution in [-0.4, -0.2) is 9.55 Å². The van der Waals surface area contributed by atoms with Gasteiger partial charge in [-0.2, -0.15) is 11.3 Å². The molecule has 3 nitrogen and oxygen atoms in total. The predicted octanol–water partition coefficient (Wildman–Crippen LogP) is 2.60. The minimum atomic E-state index is -0.00356. The van der Waals surface area contributed by atoms with Gasteiger partial charge in [0, 0.05) is 18.9 Å². The Kier molecular flexibility index (Phi) is 3.74. The number of aryl methyl sites for hydroxylation is 1. The molecule has 2 heterocycles. The number of hydrogen-bond donors (Lipinski definition) is 1. The van der Waals surface area contributed by atoms with Crippen LogP contribution in [0.25, 0.3) is 0 Å². The molecule has 0 amide bonds. The molecule has 0 saturated carbocycles. The lowest BCUT2D eigenvalue weighted by Crippen LogP contribution is -2.18. The van der Waals surface area contributed by atoms with Gasteiger partial charge in [-0.1, -0.05) is 6.92 Å². The monoisotopic (exact) mass is 235 g/mol. The van der Waals surface area contributed by atoms with Crippen LogP contribution in [0.5, 0.6) is 0 Å². The average molecular weight is 235 g/mol. The second kappa shape index (κ2) is 5.27. The van der Waals surface area contributed by atoms with Crippen LogP contribution < -0.4 is 5.73 Å². The van der Waals surface area contributed by atoms with Crippen LogP contribution >= 0.6 is 11.3 Å². The lowest BCUT2D eigenvalue weighted by Gasteiger charge is -2.12. The number of hydrogen-bond acceptors (Lipinski definition) is 3. The van der Waals surface area contributed by atoms with E-state index in [-0.39, 0.29) is 6.04 Å². The Morgan fingerprint density at radius 3 is 3.12 bits per heavy atom. The molecule has 0 fully saturated rings. The normalized spacial score (nSPS) is 12.9. The maximum absolute atomic E-state index is 6.18. The number of rotatable bonds is 5. The van der Waals surface area contributed by atoms with E-state index in [0.717, 1.165) is 25.2 Å². The molecule has 2 aromatic rings. The maximum atomic E-state index is 6.18. The molecule has 2 aromatic heterocycles. The quantitative estimate of drug-likeness (QED) is 0.865. The van der Waals surface area contributed by atoms with Gasteiger partial charge < -0.3 is 10.3 Å². The third-order valence-corrected chi connectivity index (χ3v) is 3.31. The van der Waals surface area contributed by atoms with Gasteiger partial charge in [0.25, 0.3) is 0 Å². The van der Waals surface area contributed by atoms with Crippen LogP contribution in [0.2, 0.25) is 0 Å². The third-order valence-electron chi connectivity index (χ3n) is 2.58. The number of imidazole rings is 1. The molecule has 2 rings (SSSR count). The van der Waals surface area contributed by atoms with Crippen LogP contribution in [-0.2, 0) is 13.0 Å². The molecule has 16 heavy (non-hydrogen) atoms. The topological polar surface area (TPSA) is 43.8 Å². The predicted molar refractivity (Wildman–Crippen MR) is 67.5 cm³/mol. The van der Waals surface area contributed by atoms with Gasteiger partial charge in [-0.25, -0.2) is 4.98 Å². The minimum Gasteiger partial charge on any atom is -0.334 e. The van der Waals surface area contributed by atoms with E-state index in [1.807, 2.05) is 12.4 Å². The fraction of sp³-hybridized carbons (Fsp3) is 0.417. The van der Waals surface area contributed by atoms with Gasteiger partial charge in [0.15, 0.2) is 0 Å². The van der Waals surface area contributed by atoms with Gasteiger partial charge >= 0.3 is 0 Å². The standard InChI is InChI=1S/C12H17N3S/c1-2-5-15-6-4-14-12(15)11(13)8-10-3-7-16-9-10/h3-4,6-7,9,11H,2,5,8,13H2,1H3. The van der Waals surface area contributed by atoms with Gasteiger partial charge in [-0.15, -0.1) is 0 Å². The van der Waals surface area contributed by atoms with E-state index in [4.69, 9.17) is 5.73 Å². The zero-order valence-corrected chi connectivity index (χ0v) is 10.3. The van der Waals surface area contributed by atoms with Crippen LogP contribution in [0, 0.1) is 0 Å². The Balaban J connectivity index is 2.08. The van der Waals surface area contributed by atoms with Gasteiger partial charge in [0.2, 0.25) is 0 Å². The molecule has 0 bridgehead atoms. The highest BCUT2D eigenvalue weighted by molar-refractivity contribution is 7.07. The highest BCUT2D eigenvalue weighted by atomic mass is 32.1. The Hall–Kier alpha value is -1.13. The lowest BCUT2D eigenvalue weighted by atomic mass is 10.1. The van der Waals surface area contributed by atoms with E-state index < -0.39 is 0 Å². The Bertz CT molecular complexity index is 419. The van der Waals surface area contributed by atoms with E-state index in [1.165, 1.54) is 5.56 Å². The Labute approximate surface area is 99.9 Å². The summed E-state index contributed by atoms with van der Waals surface area (Å²) in [6, 6.07) is 2.12. The fourth-order valence-corrected chi connectivity index (χ4v) is 2.51. The molecule has 0 aliphatic heterocycles. The highest BCUT2D eigenvalue weighted by Crippen LogP contribution is 2.16. The average Bonchev–Trinajstić information content (AvgIpc) is 2.89. The molecule has 0 aliphatic rings. The summed E-state index contributed by atoms with van der Waals surface area (Å²) in [7, 11) is 0. The van der Waals surface area contributed by atoms with E-state index in [0.29, 0.717) is 0 Å². The van der Waals surface area contributed by atoms with Crippen molar-refractivity contribution in [2.24, 2.45) is 5.73 Å². The minimum absolute atomic E-state index is 0.00356. The number of thiophene rings is 1. The van der Waals surface area contributed by atoms with Crippen LogP contribution in [0.15, 0.2) is 29.2 Å². The molecular weight excluding hydrogens is 218 g/mol. The SMILES string of the molecule is CCCn1ccnc1C(N)Cc1ccsc1. The van der Waals surface area contributed by atoms with Crippen LogP contribution in [0.1, 0.15) is 30.8 Å². The molecule has 0 saturated heterocycles. The highest BCUT2D eigenvalue weighted by Gasteiger charge is 2.12. The van der Waals surface area contributed by atoms with Crippen LogP contribution in [0.4, 0.5) is 0 Å². The Morgan fingerprint density at radius 1 is 1.56 bits per heavy atom. The van der Waals surface area contributed by atoms with Gasteiger partial charge in [-0.3, -0.25) is 0 Å². The molecule has 0 aliphatic carbocycles. The maximum Gasteiger partial charge on any atom is 0.125 e. The second-order valence-electron chi connectivity index (χ2n) is 3.92. The molecule has 4 heteroatoms. The van der Waals surface area contributed by atoms with Crippen molar-refractivity contribution in [2.45, 2.75) is 32.4 Å². The van der Waals surface area contributed by atoms with Crippen molar-refractivity contribution >= 4 is 11.3 Å². The lowest BCUT2D eigenvalue weighted by molar-refractivity contribution is 0.575. The van der Waals surface area contributed by atoms with E-state index in [2.05, 4.69) is 33.3 Å². The second-order valence-corrected chi connectivity index (χ2v) is 4.70. The van der Waals surface area contributed by atoms with Gasteiger partial charge in [-0.05, 0) is 35.2 Å². The van der Waals surface area contributed by atoms with Crippen molar-refractivity contribution in [1.82, 2.24) is 9.55 Å². The summed E-state index contributed by atoms with van der Waals surface area (Å²) in [5, 5.41) is 4.23. The fourth-order valence-electron chi connectivity index (χ4n) is 1.83. The van der Waals surface area contributed by atoms with Crippen molar-refractivity contribution in [1.29, 1.82) is 0 Å². The zero-order chi connectivity index (χ0) is 11.4. The third kappa shape index (κ3) is 2.51. The molecule has 86 valence electrons. The first kappa shape index (κ1) is 11.4. The molecule has 2 N–H and O–H groups in total. The molecule has 0 radical (unpaired) electrons.